The molecule has 0 N–H and O–H groups in total. The first-order chi connectivity index (χ1) is 12.2. The lowest BCUT2D eigenvalue weighted by Crippen LogP contribution is -2.01. The fourth-order valence-electron chi connectivity index (χ4n) is 3.53. The molecule has 0 aromatic heterocycles. The van der Waals surface area contributed by atoms with Crippen LogP contribution in [0.5, 0.6) is 0 Å². The van der Waals surface area contributed by atoms with Gasteiger partial charge in [0, 0.05) is 0 Å². The predicted molar refractivity (Wildman–Crippen MR) is 113 cm³/mol. The van der Waals surface area contributed by atoms with Crippen molar-refractivity contribution < 1.29 is 4.79 Å². The molecule has 0 radical (unpaired) electrons. The second-order valence-electron chi connectivity index (χ2n) is 7.71. The number of hydrogen-bond donors (Lipinski definition) is 0. The van der Waals surface area contributed by atoms with Crippen LogP contribution in [0.3, 0.4) is 0 Å². The highest BCUT2D eigenvalue weighted by molar-refractivity contribution is 5.65. The van der Waals surface area contributed by atoms with Gasteiger partial charge in [0.1, 0.15) is 6.29 Å². The van der Waals surface area contributed by atoms with E-state index in [1.165, 1.54) is 82.6 Å². The Hall–Kier alpha value is -0.850. The molecule has 0 aromatic carbocycles. The quantitative estimate of drug-likeness (QED) is 0.112. The second kappa shape index (κ2) is 18.0. The van der Waals surface area contributed by atoms with E-state index in [2.05, 4.69) is 26.8 Å². The molecule has 1 unspecified atom stereocenters. The van der Waals surface area contributed by atoms with E-state index in [9.17, 15) is 4.79 Å². The zero-order valence-corrected chi connectivity index (χ0v) is 17.6. The number of hydrogen-bond acceptors (Lipinski definition) is 1. The molecule has 0 aromatic rings. The molecule has 0 rings (SSSR count). The Kier molecular flexibility index (Phi) is 17.3. The van der Waals surface area contributed by atoms with Gasteiger partial charge in [0.2, 0.25) is 0 Å². The highest BCUT2D eigenvalue weighted by atomic mass is 16.1. The molecule has 0 aliphatic heterocycles. The molecule has 0 bridgehead atoms. The van der Waals surface area contributed by atoms with Crippen LogP contribution >= 0.6 is 0 Å². The van der Waals surface area contributed by atoms with E-state index < -0.39 is 0 Å². The minimum absolute atomic E-state index is 0.754. The number of carbonyl (C=O) groups excluding carboxylic acids is 1. The maximum atomic E-state index is 10.4. The van der Waals surface area contributed by atoms with Crippen LogP contribution in [0.15, 0.2) is 23.3 Å². The monoisotopic (exact) mass is 348 g/mol. The van der Waals surface area contributed by atoms with Gasteiger partial charge in [-0.25, -0.2) is 0 Å². The van der Waals surface area contributed by atoms with E-state index in [4.69, 9.17) is 0 Å². The molecule has 0 heterocycles. The topological polar surface area (TPSA) is 17.1 Å². The van der Waals surface area contributed by atoms with Crippen molar-refractivity contribution in [3.8, 4) is 0 Å². The molecular formula is C24H44O. The predicted octanol–water partition coefficient (Wildman–Crippen LogP) is 8.20. The Balaban J connectivity index is 3.75. The number of aldehydes is 1. The molecule has 0 amide bonds. The zero-order valence-electron chi connectivity index (χ0n) is 17.6. The van der Waals surface area contributed by atoms with Crippen LogP contribution in [0, 0.1) is 5.92 Å². The van der Waals surface area contributed by atoms with E-state index in [1.54, 1.807) is 11.6 Å². The van der Waals surface area contributed by atoms with Crippen molar-refractivity contribution >= 4 is 6.29 Å². The standard InChI is InChI=1S/C24H44O/c1-5-7-8-9-10-11-12-13-14-15-19-24(6-2)23(4)18-16-17-22(3)20-21-25/h18,20-21,24H,5-17,19H2,1-4H3. The molecular weight excluding hydrogens is 304 g/mol. The van der Waals surface area contributed by atoms with Crippen LogP contribution in [-0.4, -0.2) is 6.29 Å². The number of unbranched alkanes of at least 4 members (excludes halogenated alkanes) is 9. The molecule has 0 fully saturated rings. The fraction of sp³-hybridized carbons (Fsp3) is 0.792. The minimum Gasteiger partial charge on any atom is -0.299 e. The summed E-state index contributed by atoms with van der Waals surface area (Å²) in [5.74, 6) is 0.754. The van der Waals surface area contributed by atoms with Crippen molar-refractivity contribution in [3.05, 3.63) is 23.3 Å². The molecule has 25 heavy (non-hydrogen) atoms. The summed E-state index contributed by atoms with van der Waals surface area (Å²) in [6, 6.07) is 0. The van der Waals surface area contributed by atoms with E-state index in [0.29, 0.717) is 0 Å². The van der Waals surface area contributed by atoms with Gasteiger partial charge in [0.05, 0.1) is 0 Å². The largest absolute Gasteiger partial charge is 0.299 e. The van der Waals surface area contributed by atoms with Crippen LogP contribution in [0.4, 0.5) is 0 Å². The second-order valence-corrected chi connectivity index (χ2v) is 7.71. The first-order valence-electron chi connectivity index (χ1n) is 10.9. The van der Waals surface area contributed by atoms with Crippen molar-refractivity contribution in [2.45, 2.75) is 118 Å². The third-order valence-electron chi connectivity index (χ3n) is 5.40. The lowest BCUT2D eigenvalue weighted by molar-refractivity contribution is -0.104. The van der Waals surface area contributed by atoms with Crippen LogP contribution in [-0.2, 0) is 4.79 Å². The summed E-state index contributed by atoms with van der Waals surface area (Å²) >= 11 is 0. The first-order valence-corrected chi connectivity index (χ1v) is 10.9. The lowest BCUT2D eigenvalue weighted by atomic mass is 9.90. The minimum atomic E-state index is 0.754. The summed E-state index contributed by atoms with van der Waals surface area (Å²) in [7, 11) is 0. The number of rotatable bonds is 17. The Morgan fingerprint density at radius 3 is 1.92 bits per heavy atom. The van der Waals surface area contributed by atoms with Crippen LogP contribution in [0.1, 0.15) is 118 Å². The van der Waals surface area contributed by atoms with Crippen molar-refractivity contribution in [1.82, 2.24) is 0 Å². The molecule has 0 saturated heterocycles. The molecule has 1 atom stereocenters. The van der Waals surface area contributed by atoms with Gasteiger partial charge in [-0.3, -0.25) is 4.79 Å². The Bertz CT molecular complexity index is 364. The normalized spacial score (nSPS) is 13.9. The van der Waals surface area contributed by atoms with Crippen LogP contribution in [0.2, 0.25) is 0 Å². The molecule has 1 heteroatoms. The fourth-order valence-corrected chi connectivity index (χ4v) is 3.53. The number of carbonyl (C=O) groups is 1. The van der Waals surface area contributed by atoms with Crippen molar-refractivity contribution in [2.75, 3.05) is 0 Å². The Morgan fingerprint density at radius 1 is 0.840 bits per heavy atom. The van der Waals surface area contributed by atoms with E-state index in [-0.39, 0.29) is 0 Å². The summed E-state index contributed by atoms with van der Waals surface area (Å²) < 4.78 is 0. The first kappa shape index (κ1) is 24.1. The summed E-state index contributed by atoms with van der Waals surface area (Å²) in [6.45, 7) is 8.93. The summed E-state index contributed by atoms with van der Waals surface area (Å²) in [5.41, 5.74) is 2.74. The molecule has 0 saturated carbocycles. The molecule has 1 nitrogen and oxygen atoms in total. The zero-order chi connectivity index (χ0) is 18.8. The van der Waals surface area contributed by atoms with Crippen LogP contribution in [0.25, 0.3) is 0 Å². The van der Waals surface area contributed by atoms with Crippen molar-refractivity contribution in [2.24, 2.45) is 5.92 Å². The van der Waals surface area contributed by atoms with Gasteiger partial charge in [-0.1, -0.05) is 95.3 Å². The Labute approximate surface area is 158 Å². The van der Waals surface area contributed by atoms with E-state index in [1.807, 2.05) is 6.92 Å². The molecule has 0 aliphatic carbocycles. The van der Waals surface area contributed by atoms with Crippen molar-refractivity contribution in [1.29, 1.82) is 0 Å². The molecule has 0 spiro atoms. The smallest absolute Gasteiger partial charge is 0.142 e. The highest BCUT2D eigenvalue weighted by Crippen LogP contribution is 2.23. The SMILES string of the molecule is CCCCCCCCCCCCC(CC)C(C)=CCCC(C)=CC=O. The summed E-state index contributed by atoms with van der Waals surface area (Å²) in [5, 5.41) is 0. The third kappa shape index (κ3) is 15.1. The number of allylic oxidation sites excluding steroid dienone is 4. The molecule has 0 aliphatic rings. The average Bonchev–Trinajstić information content (AvgIpc) is 2.60. The van der Waals surface area contributed by atoms with Gasteiger partial charge >= 0.3 is 0 Å². The third-order valence-corrected chi connectivity index (χ3v) is 5.40. The van der Waals surface area contributed by atoms with Gasteiger partial charge in [-0.2, -0.15) is 0 Å². The summed E-state index contributed by atoms with van der Waals surface area (Å²) in [6.07, 6.45) is 23.8. The maximum absolute atomic E-state index is 10.4. The van der Waals surface area contributed by atoms with Crippen molar-refractivity contribution in [3.63, 3.8) is 0 Å². The van der Waals surface area contributed by atoms with Gasteiger partial charge in [0.25, 0.3) is 0 Å². The van der Waals surface area contributed by atoms with E-state index in [0.717, 1.165) is 25.0 Å². The maximum Gasteiger partial charge on any atom is 0.142 e. The highest BCUT2D eigenvalue weighted by Gasteiger charge is 2.07. The lowest BCUT2D eigenvalue weighted by Gasteiger charge is -2.16. The van der Waals surface area contributed by atoms with Gasteiger partial charge in [-0.15, -0.1) is 0 Å². The summed E-state index contributed by atoms with van der Waals surface area (Å²) in [4.78, 5) is 10.4. The van der Waals surface area contributed by atoms with E-state index >= 15 is 0 Å². The van der Waals surface area contributed by atoms with Gasteiger partial charge in [-0.05, 0) is 51.5 Å². The van der Waals surface area contributed by atoms with Crippen LogP contribution < -0.4 is 0 Å². The molecule has 146 valence electrons. The Morgan fingerprint density at radius 2 is 1.40 bits per heavy atom. The van der Waals surface area contributed by atoms with Gasteiger partial charge < -0.3 is 0 Å². The van der Waals surface area contributed by atoms with Gasteiger partial charge in [0.15, 0.2) is 0 Å². The average molecular weight is 349 g/mol.